The molecule has 0 amide bonds. The van der Waals surface area contributed by atoms with E-state index >= 15 is 0 Å². The first-order valence-corrected chi connectivity index (χ1v) is 7.05. The average Bonchev–Trinajstić information content (AvgIpc) is 2.88. The van der Waals surface area contributed by atoms with Crippen LogP contribution in [-0.2, 0) is 16.1 Å². The van der Waals surface area contributed by atoms with Crippen molar-refractivity contribution in [2.45, 2.75) is 32.0 Å². The van der Waals surface area contributed by atoms with Crippen molar-refractivity contribution < 1.29 is 14.6 Å². The first-order valence-electron chi connectivity index (χ1n) is 7.05. The van der Waals surface area contributed by atoms with Gasteiger partial charge in [0.1, 0.15) is 5.78 Å². The zero-order chi connectivity index (χ0) is 13.2. The van der Waals surface area contributed by atoms with Gasteiger partial charge in [-0.2, -0.15) is 0 Å². The van der Waals surface area contributed by atoms with Crippen LogP contribution in [0.15, 0.2) is 30.3 Å². The fourth-order valence-electron chi connectivity index (χ4n) is 3.61. The maximum absolute atomic E-state index is 11.5. The summed E-state index contributed by atoms with van der Waals surface area (Å²) in [4.78, 5) is 11.5. The van der Waals surface area contributed by atoms with E-state index in [1.54, 1.807) is 0 Å². The van der Waals surface area contributed by atoms with E-state index in [-0.39, 0.29) is 12.0 Å². The maximum Gasteiger partial charge on any atom is 0.133 e. The number of aliphatic hydroxyl groups excluding tert-OH is 1. The predicted octanol–water partition coefficient (Wildman–Crippen LogP) is 2.18. The molecular weight excluding hydrogens is 240 g/mol. The Balaban J connectivity index is 1.53. The fourth-order valence-corrected chi connectivity index (χ4v) is 3.61. The highest BCUT2D eigenvalue weighted by molar-refractivity contribution is 5.81. The lowest BCUT2D eigenvalue weighted by atomic mass is 9.92. The van der Waals surface area contributed by atoms with Crippen molar-refractivity contribution in [2.24, 2.45) is 17.8 Å². The summed E-state index contributed by atoms with van der Waals surface area (Å²) in [5.41, 5.74) is 1.15. The van der Waals surface area contributed by atoms with Crippen LogP contribution < -0.4 is 0 Å². The van der Waals surface area contributed by atoms with Crippen LogP contribution in [0.1, 0.15) is 24.8 Å². The van der Waals surface area contributed by atoms with Crippen LogP contribution in [0.3, 0.4) is 0 Å². The normalized spacial score (nSPS) is 33.6. The van der Waals surface area contributed by atoms with Gasteiger partial charge < -0.3 is 9.84 Å². The summed E-state index contributed by atoms with van der Waals surface area (Å²) in [6.07, 6.45) is 1.78. The van der Waals surface area contributed by atoms with Crippen molar-refractivity contribution in [3.63, 3.8) is 0 Å². The van der Waals surface area contributed by atoms with Gasteiger partial charge in [-0.25, -0.2) is 0 Å². The highest BCUT2D eigenvalue weighted by Crippen LogP contribution is 2.46. The van der Waals surface area contributed by atoms with Gasteiger partial charge in [0, 0.05) is 18.8 Å². The van der Waals surface area contributed by atoms with Gasteiger partial charge in [-0.3, -0.25) is 4.79 Å². The molecule has 3 rings (SSSR count). The van der Waals surface area contributed by atoms with Gasteiger partial charge in [-0.15, -0.1) is 0 Å². The monoisotopic (exact) mass is 260 g/mol. The van der Waals surface area contributed by atoms with E-state index in [1.807, 2.05) is 30.3 Å². The number of hydrogen-bond donors (Lipinski definition) is 1. The highest BCUT2D eigenvalue weighted by atomic mass is 16.5. The smallest absolute Gasteiger partial charge is 0.133 e. The van der Waals surface area contributed by atoms with Gasteiger partial charge in [-0.1, -0.05) is 30.3 Å². The standard InChI is InChI=1S/C16H20O3/c17-13-6-12-7-16(18)15(14(12)8-13)10-19-9-11-4-2-1-3-5-11/h1-5,12,14-16,18H,6-10H2/t12-,14-,15?,16+/m0/s1. The van der Waals surface area contributed by atoms with E-state index < -0.39 is 0 Å². The molecule has 2 saturated carbocycles. The summed E-state index contributed by atoms with van der Waals surface area (Å²) in [6.45, 7) is 1.14. The molecule has 1 unspecified atom stereocenters. The second kappa shape index (κ2) is 5.43. The van der Waals surface area contributed by atoms with Crippen molar-refractivity contribution in [3.05, 3.63) is 35.9 Å². The molecule has 0 saturated heterocycles. The molecule has 1 aromatic rings. The number of ether oxygens (including phenoxy) is 1. The molecule has 0 bridgehead atoms. The number of benzene rings is 1. The fraction of sp³-hybridized carbons (Fsp3) is 0.562. The summed E-state index contributed by atoms with van der Waals surface area (Å²) in [6, 6.07) is 10.0. The first-order chi connectivity index (χ1) is 9.24. The van der Waals surface area contributed by atoms with Gasteiger partial charge in [0.05, 0.1) is 19.3 Å². The topological polar surface area (TPSA) is 46.5 Å². The van der Waals surface area contributed by atoms with E-state index in [0.29, 0.717) is 43.7 Å². The number of hydrogen-bond acceptors (Lipinski definition) is 3. The Labute approximate surface area is 113 Å². The third kappa shape index (κ3) is 2.72. The minimum atomic E-state index is -0.293. The largest absolute Gasteiger partial charge is 0.393 e. The number of fused-ring (bicyclic) bond motifs is 1. The Hall–Kier alpha value is -1.19. The van der Waals surface area contributed by atoms with Crippen LogP contribution in [0, 0.1) is 17.8 Å². The van der Waals surface area contributed by atoms with E-state index in [1.165, 1.54) is 0 Å². The van der Waals surface area contributed by atoms with Gasteiger partial charge in [0.15, 0.2) is 0 Å². The molecule has 0 aromatic heterocycles. The quantitative estimate of drug-likeness (QED) is 0.902. The molecule has 0 radical (unpaired) electrons. The Morgan fingerprint density at radius 2 is 2.00 bits per heavy atom. The molecule has 4 atom stereocenters. The van der Waals surface area contributed by atoms with Crippen molar-refractivity contribution in [3.8, 4) is 0 Å². The Kier molecular flexibility index (Phi) is 3.67. The van der Waals surface area contributed by atoms with Gasteiger partial charge >= 0.3 is 0 Å². The predicted molar refractivity (Wildman–Crippen MR) is 71.4 cm³/mol. The zero-order valence-corrected chi connectivity index (χ0v) is 11.0. The third-order valence-corrected chi connectivity index (χ3v) is 4.57. The van der Waals surface area contributed by atoms with Crippen LogP contribution in [0.4, 0.5) is 0 Å². The van der Waals surface area contributed by atoms with Crippen LogP contribution in [0.2, 0.25) is 0 Å². The minimum Gasteiger partial charge on any atom is -0.393 e. The molecule has 3 nitrogen and oxygen atoms in total. The lowest BCUT2D eigenvalue weighted by Gasteiger charge is -2.20. The molecular formula is C16H20O3. The number of ketones is 1. The van der Waals surface area contributed by atoms with E-state index in [9.17, 15) is 9.90 Å². The zero-order valence-electron chi connectivity index (χ0n) is 11.0. The van der Waals surface area contributed by atoms with E-state index in [4.69, 9.17) is 4.74 Å². The average molecular weight is 260 g/mol. The van der Waals surface area contributed by atoms with Crippen molar-refractivity contribution >= 4 is 5.78 Å². The van der Waals surface area contributed by atoms with Crippen LogP contribution >= 0.6 is 0 Å². The third-order valence-electron chi connectivity index (χ3n) is 4.57. The first kappa shape index (κ1) is 12.8. The molecule has 2 fully saturated rings. The van der Waals surface area contributed by atoms with E-state index in [0.717, 1.165) is 12.0 Å². The molecule has 2 aliphatic carbocycles. The number of carbonyl (C=O) groups excluding carboxylic acids is 1. The van der Waals surface area contributed by atoms with E-state index in [2.05, 4.69) is 0 Å². The maximum atomic E-state index is 11.5. The van der Waals surface area contributed by atoms with Crippen molar-refractivity contribution in [1.29, 1.82) is 0 Å². The lowest BCUT2D eigenvalue weighted by molar-refractivity contribution is -0.118. The molecule has 2 aliphatic rings. The minimum absolute atomic E-state index is 0.139. The Morgan fingerprint density at radius 3 is 2.79 bits per heavy atom. The summed E-state index contributed by atoms with van der Waals surface area (Å²) < 4.78 is 5.75. The second-order valence-electron chi connectivity index (χ2n) is 5.84. The molecule has 3 heteroatoms. The van der Waals surface area contributed by atoms with Crippen molar-refractivity contribution in [2.75, 3.05) is 6.61 Å². The summed E-state index contributed by atoms with van der Waals surface area (Å²) >= 11 is 0. The number of Topliss-reactive ketones (excluding diaryl/α,β-unsaturated/α-hetero) is 1. The molecule has 19 heavy (non-hydrogen) atoms. The van der Waals surface area contributed by atoms with Crippen LogP contribution in [0.25, 0.3) is 0 Å². The molecule has 1 aromatic carbocycles. The molecule has 1 N–H and O–H groups in total. The molecule has 0 heterocycles. The highest BCUT2D eigenvalue weighted by Gasteiger charge is 2.47. The Bertz CT molecular complexity index is 443. The summed E-state index contributed by atoms with van der Waals surface area (Å²) in [7, 11) is 0. The number of carbonyl (C=O) groups is 1. The van der Waals surface area contributed by atoms with Gasteiger partial charge in [0.25, 0.3) is 0 Å². The number of rotatable bonds is 4. The molecule has 0 spiro atoms. The lowest BCUT2D eigenvalue weighted by Crippen LogP contribution is -2.25. The van der Waals surface area contributed by atoms with Crippen LogP contribution in [0.5, 0.6) is 0 Å². The van der Waals surface area contributed by atoms with Gasteiger partial charge in [-0.05, 0) is 23.8 Å². The number of aliphatic hydroxyl groups is 1. The molecule has 102 valence electrons. The second-order valence-corrected chi connectivity index (χ2v) is 5.84. The Morgan fingerprint density at radius 1 is 1.21 bits per heavy atom. The van der Waals surface area contributed by atoms with Crippen LogP contribution in [-0.4, -0.2) is 23.6 Å². The SMILES string of the molecule is O=C1C[C@H]2C[C@@H](O)C(COCc3ccccc3)[C@H]2C1. The molecule has 0 aliphatic heterocycles. The van der Waals surface area contributed by atoms with Crippen molar-refractivity contribution in [1.82, 2.24) is 0 Å². The van der Waals surface area contributed by atoms with Gasteiger partial charge in [0.2, 0.25) is 0 Å². The summed E-state index contributed by atoms with van der Waals surface area (Å²) in [5.74, 6) is 1.24. The summed E-state index contributed by atoms with van der Waals surface area (Å²) in [5, 5.41) is 10.1.